The summed E-state index contributed by atoms with van der Waals surface area (Å²) < 4.78 is 21.6. The Morgan fingerprint density at radius 3 is 1.41 bits per heavy atom. The number of hydrogen-bond acceptors (Lipinski definition) is 18. The van der Waals surface area contributed by atoms with Crippen molar-refractivity contribution in [2.75, 3.05) is 20.2 Å². The lowest BCUT2D eigenvalue weighted by molar-refractivity contribution is -0.158. The molecule has 2 rings (SSSR count). The van der Waals surface area contributed by atoms with E-state index in [9.17, 15) is 52.7 Å². The quantitative estimate of drug-likeness (QED) is 0.0106. The Morgan fingerprint density at radius 2 is 0.904 bits per heavy atom. The molecule has 104 heavy (non-hydrogen) atoms. The highest BCUT2D eigenvalue weighted by atomic mass is 16.6. The first kappa shape index (κ1) is 91.7. The third-order valence-corrected chi connectivity index (χ3v) is 16.8. The minimum atomic E-state index is -1.41. The van der Waals surface area contributed by atoms with Crippen molar-refractivity contribution in [2.24, 2.45) is 39.2 Å². The summed E-state index contributed by atoms with van der Waals surface area (Å²) in [5.41, 5.74) is 10.7. The number of nitrogens with two attached hydrogens (primary N) is 2. The number of urea groups is 1. The third-order valence-electron chi connectivity index (χ3n) is 16.8. The maximum Gasteiger partial charge on any atom is 0.329 e. The van der Waals surface area contributed by atoms with E-state index in [-0.39, 0.29) is 102 Å². The molecular formula is C79H125N9O16. The van der Waals surface area contributed by atoms with Crippen molar-refractivity contribution in [3.8, 4) is 0 Å². The number of amides is 5. The van der Waals surface area contributed by atoms with E-state index < -0.39 is 137 Å². The zero-order valence-electron chi connectivity index (χ0n) is 64.8. The van der Waals surface area contributed by atoms with Crippen molar-refractivity contribution in [3.63, 3.8) is 0 Å². The molecule has 0 fully saturated rings. The molecule has 0 bridgehead atoms. The highest BCUT2D eigenvalue weighted by molar-refractivity contribution is 5.98. The van der Waals surface area contributed by atoms with Crippen molar-refractivity contribution in [3.05, 3.63) is 71.8 Å². The molecule has 8 atom stereocenters. The van der Waals surface area contributed by atoms with Gasteiger partial charge in [0.25, 0.3) is 0 Å². The van der Waals surface area contributed by atoms with Gasteiger partial charge in [-0.15, -0.1) is 0 Å². The van der Waals surface area contributed by atoms with E-state index in [1.807, 2.05) is 55.5 Å². The monoisotopic (exact) mass is 1460 g/mol. The standard InChI is InChI=1S/C79H125N9O16/c1-15-16-23-36-58(74(98)101-14)49-66(90)62(38-30-45-82-54(3)80)87-73(97)60(52-71(95)103-78(8,9)10)51-67(91)63(39-31-46-83-55(4)81)86-72(96)59(47-56-32-24-21-25-33-56)50-68(92)65(48-57-34-26-22-27-35-57)85-69(93)40-29-20-18-17-19-28-37-61(89)42-43-64(75(99)104-79(11,12)13)88-76(100)84-53(2)41-44-70(94)102-77(5,6)7/h21-22,24-27,32-35,53,58-60,62-65H,15-20,23,28-31,36-52H2,1-14H3,(H2,80,82)(H2,81,83)(H,85,93)(H,86,96)(H,87,97)(H2,84,88,100)/t53-,58-,59-,60+,62+,63+,64+,65+/m1/s1. The molecule has 2 aromatic carbocycles. The van der Waals surface area contributed by atoms with Gasteiger partial charge in [0.05, 0.1) is 55.2 Å². The average molecular weight is 1460 g/mol. The fourth-order valence-electron chi connectivity index (χ4n) is 11.5. The van der Waals surface area contributed by atoms with Gasteiger partial charge in [0.1, 0.15) is 28.6 Å². The number of methoxy groups -OCH3 is 1. The maximum atomic E-state index is 15.0. The van der Waals surface area contributed by atoms with E-state index in [1.54, 1.807) is 95.2 Å². The van der Waals surface area contributed by atoms with Gasteiger partial charge in [-0.2, -0.15) is 0 Å². The first-order chi connectivity index (χ1) is 48.9. The lowest BCUT2D eigenvalue weighted by atomic mass is 9.88. The lowest BCUT2D eigenvalue weighted by Gasteiger charge is -2.27. The fourth-order valence-corrected chi connectivity index (χ4v) is 11.5. The number of ketones is 4. The predicted molar refractivity (Wildman–Crippen MR) is 402 cm³/mol. The molecule has 0 aliphatic rings. The van der Waals surface area contributed by atoms with Crippen LogP contribution in [0.15, 0.2) is 70.6 Å². The first-order valence-electron chi connectivity index (χ1n) is 37.3. The lowest BCUT2D eigenvalue weighted by Crippen LogP contribution is -2.50. The van der Waals surface area contributed by atoms with E-state index in [0.29, 0.717) is 56.6 Å². The number of nitrogens with one attached hydrogen (secondary N) is 5. The SMILES string of the molecule is CCCCC[C@H](CC(=O)[C@H](CCCN=C(C)N)NC(=O)[C@H](CC(=O)OC(C)(C)C)CC(=O)[C@H](CCCN=C(C)N)NC(=O)[C@@H](CC(=O)[C@H](Cc1ccccc1)NC(=O)CCCCCCCCC(=O)CC[C@H](NC(=O)N[C@H](C)CCC(=O)OC(C)(C)C)C(=O)OC(C)(C)C)Cc1ccccc1)C(=O)OC. The van der Waals surface area contributed by atoms with E-state index >= 15 is 4.79 Å². The normalized spacial score (nSPS) is 14.3. The number of hydrogen-bond donors (Lipinski definition) is 7. The number of unbranched alkanes of at least 4 members (excludes halogenated alkanes) is 7. The van der Waals surface area contributed by atoms with Crippen molar-refractivity contribution < 1.29 is 76.5 Å². The third kappa shape index (κ3) is 43.0. The molecular weight excluding hydrogens is 1330 g/mol. The van der Waals surface area contributed by atoms with E-state index in [2.05, 4.69) is 36.6 Å². The van der Waals surface area contributed by atoms with Crippen molar-refractivity contribution in [1.82, 2.24) is 26.6 Å². The summed E-state index contributed by atoms with van der Waals surface area (Å²) in [7, 11) is 1.25. The van der Waals surface area contributed by atoms with Crippen LogP contribution in [-0.2, 0) is 84.5 Å². The number of nitrogens with zero attached hydrogens (tertiary/aromatic N) is 2. The van der Waals surface area contributed by atoms with Crippen LogP contribution < -0.4 is 38.1 Å². The van der Waals surface area contributed by atoms with Crippen LogP contribution >= 0.6 is 0 Å². The largest absolute Gasteiger partial charge is 0.469 e. The number of benzene rings is 2. The van der Waals surface area contributed by atoms with Gasteiger partial charge >= 0.3 is 29.9 Å². The van der Waals surface area contributed by atoms with E-state index in [4.69, 9.17) is 30.4 Å². The molecule has 0 aliphatic heterocycles. The van der Waals surface area contributed by atoms with Crippen molar-refractivity contribution >= 4 is 82.4 Å². The number of rotatable bonds is 51. The van der Waals surface area contributed by atoms with Crippen LogP contribution in [0.5, 0.6) is 0 Å². The molecule has 0 aromatic heterocycles. The van der Waals surface area contributed by atoms with Gasteiger partial charge in [-0.25, -0.2) is 9.59 Å². The van der Waals surface area contributed by atoms with Crippen LogP contribution in [0.2, 0.25) is 0 Å². The highest BCUT2D eigenvalue weighted by Gasteiger charge is 2.37. The molecule has 0 saturated carbocycles. The van der Waals surface area contributed by atoms with Crippen molar-refractivity contribution in [2.45, 2.75) is 304 Å². The molecule has 0 radical (unpaired) electrons. The molecule has 25 heteroatoms. The Labute approximate surface area is 618 Å². The number of Topliss-reactive ketones (excluding diaryl/α,β-unsaturated/α-hetero) is 4. The summed E-state index contributed by atoms with van der Waals surface area (Å²) in [6, 6.07) is 12.6. The maximum absolute atomic E-state index is 15.0. The molecule has 9 N–H and O–H groups in total. The molecule has 25 nitrogen and oxygen atoms in total. The number of ether oxygens (including phenoxy) is 4. The minimum Gasteiger partial charge on any atom is -0.469 e. The molecule has 5 amide bonds. The van der Waals surface area contributed by atoms with Crippen LogP contribution in [-0.4, -0.2) is 150 Å². The number of amidine groups is 2. The molecule has 0 saturated heterocycles. The van der Waals surface area contributed by atoms with Gasteiger partial charge in [-0.05, 0) is 165 Å². The molecule has 0 heterocycles. The summed E-state index contributed by atoms with van der Waals surface area (Å²) in [6.45, 7) is 22.8. The zero-order valence-corrected chi connectivity index (χ0v) is 64.8. The van der Waals surface area contributed by atoms with Crippen LogP contribution in [0, 0.1) is 17.8 Å². The van der Waals surface area contributed by atoms with Crippen LogP contribution in [0.3, 0.4) is 0 Å². The summed E-state index contributed by atoms with van der Waals surface area (Å²) in [4.78, 5) is 174. The van der Waals surface area contributed by atoms with Crippen LogP contribution in [0.4, 0.5) is 4.79 Å². The predicted octanol–water partition coefficient (Wildman–Crippen LogP) is 10.4. The van der Waals surface area contributed by atoms with Crippen LogP contribution in [0.25, 0.3) is 0 Å². The van der Waals surface area contributed by atoms with E-state index in [1.165, 1.54) is 7.11 Å². The Kier molecular flexibility index (Phi) is 42.9. The van der Waals surface area contributed by atoms with Gasteiger partial charge in [0.2, 0.25) is 17.7 Å². The van der Waals surface area contributed by atoms with Crippen molar-refractivity contribution in [1.29, 1.82) is 0 Å². The highest BCUT2D eigenvalue weighted by Crippen LogP contribution is 2.24. The second kappa shape index (κ2) is 48.6. The molecule has 0 aliphatic carbocycles. The topological polar surface area (TPSA) is 379 Å². The summed E-state index contributed by atoms with van der Waals surface area (Å²) >= 11 is 0. The number of carbonyl (C=O) groups is 12. The molecule has 2 aromatic rings. The summed E-state index contributed by atoms with van der Waals surface area (Å²) in [5, 5.41) is 14.1. The molecule has 0 spiro atoms. The zero-order chi connectivity index (χ0) is 78.0. The van der Waals surface area contributed by atoms with Gasteiger partial charge in [0.15, 0.2) is 17.3 Å². The van der Waals surface area contributed by atoms with Crippen LogP contribution in [0.1, 0.15) is 255 Å². The first-order valence-corrected chi connectivity index (χ1v) is 37.3. The second-order valence-electron chi connectivity index (χ2n) is 30.3. The summed E-state index contributed by atoms with van der Waals surface area (Å²) in [5.74, 6) is -8.46. The van der Waals surface area contributed by atoms with Gasteiger partial charge in [0, 0.05) is 70.0 Å². The fraction of sp³-hybridized carbons (Fsp3) is 0.671. The number of carbonyl (C=O) groups excluding carboxylic acids is 12. The van der Waals surface area contributed by atoms with E-state index in [0.717, 1.165) is 43.2 Å². The number of esters is 4. The summed E-state index contributed by atoms with van der Waals surface area (Å²) in [6.07, 6.45) is 6.78. The van der Waals surface area contributed by atoms with Gasteiger partial charge < -0.3 is 57.0 Å². The Hall–Kier alpha value is -8.38. The second-order valence-corrected chi connectivity index (χ2v) is 30.3. The number of aliphatic imine (C=N–C) groups is 2. The minimum absolute atomic E-state index is 0.0137. The smallest absolute Gasteiger partial charge is 0.329 e. The van der Waals surface area contributed by atoms with Gasteiger partial charge in [-0.3, -0.25) is 57.9 Å². The Balaban J connectivity index is 2.33. The Morgan fingerprint density at radius 1 is 0.433 bits per heavy atom. The van der Waals surface area contributed by atoms with Gasteiger partial charge in [-0.1, -0.05) is 113 Å². The molecule has 0 unspecified atom stereocenters. The Bertz CT molecular complexity index is 3090. The molecule has 582 valence electrons. The average Bonchev–Trinajstić information content (AvgIpc) is 0.851.